The predicted octanol–water partition coefficient (Wildman–Crippen LogP) is -0.883. The van der Waals surface area contributed by atoms with E-state index in [4.69, 9.17) is 3.08 Å². The van der Waals surface area contributed by atoms with Gasteiger partial charge < -0.3 is 0 Å². The molecule has 0 atom stereocenters. The van der Waals surface area contributed by atoms with Crippen LogP contribution in [0.25, 0.3) is 0 Å². The van der Waals surface area contributed by atoms with E-state index in [1.54, 1.807) is 0 Å². The van der Waals surface area contributed by atoms with Crippen LogP contribution in [-0.4, -0.2) is 48.4 Å². The van der Waals surface area contributed by atoms with Crippen molar-refractivity contribution in [2.75, 3.05) is 0 Å². The zero-order chi connectivity index (χ0) is 2.00. The Morgan fingerprint density at radius 3 is 1.25 bits per heavy atom. The van der Waals surface area contributed by atoms with Crippen molar-refractivity contribution in [3.63, 3.8) is 0 Å². The second-order valence-corrected chi connectivity index (χ2v) is 0. The molecule has 0 amide bonds. The molecule has 0 fully saturated rings. The van der Waals surface area contributed by atoms with Crippen molar-refractivity contribution in [1.82, 2.24) is 0 Å². The molecule has 0 bridgehead atoms. The maximum atomic E-state index is 8.34. The monoisotopic (exact) mass is 303 g/mol. The SMILES string of the molecule is [Cr].[In].[O]=[Sn]. The summed E-state index contributed by atoms with van der Waals surface area (Å²) in [6.07, 6.45) is 0. The van der Waals surface area contributed by atoms with Gasteiger partial charge in [0.15, 0.2) is 0 Å². The number of rotatable bonds is 0. The van der Waals surface area contributed by atoms with E-state index in [-0.39, 0.29) is 43.2 Å². The van der Waals surface area contributed by atoms with Crippen molar-refractivity contribution in [1.29, 1.82) is 0 Å². The van der Waals surface area contributed by atoms with E-state index in [1.807, 2.05) is 0 Å². The van der Waals surface area contributed by atoms with Crippen LogP contribution in [0.15, 0.2) is 0 Å². The van der Waals surface area contributed by atoms with Crippen LogP contribution in [-0.2, 0) is 20.4 Å². The van der Waals surface area contributed by atoms with Gasteiger partial charge in [0.25, 0.3) is 0 Å². The topological polar surface area (TPSA) is 17.1 Å². The molecule has 4 heteroatoms. The van der Waals surface area contributed by atoms with E-state index < -0.39 is 0 Å². The van der Waals surface area contributed by atoms with Crippen LogP contribution in [0.2, 0.25) is 0 Å². The van der Waals surface area contributed by atoms with Crippen LogP contribution in [0.4, 0.5) is 0 Å². The molecule has 0 unspecified atom stereocenters. The van der Waals surface area contributed by atoms with Gasteiger partial charge in [0.05, 0.1) is 0 Å². The van der Waals surface area contributed by atoms with Gasteiger partial charge in [-0.1, -0.05) is 0 Å². The summed E-state index contributed by atoms with van der Waals surface area (Å²) in [6.45, 7) is 0. The van der Waals surface area contributed by atoms with E-state index in [1.165, 1.54) is 0 Å². The van der Waals surface area contributed by atoms with Crippen molar-refractivity contribution in [3.05, 3.63) is 0 Å². The minimum atomic E-state index is 0. The Balaban J connectivity index is -0.00000000500. The van der Waals surface area contributed by atoms with Crippen molar-refractivity contribution in [2.45, 2.75) is 0 Å². The van der Waals surface area contributed by atoms with Crippen molar-refractivity contribution in [2.24, 2.45) is 0 Å². The van der Waals surface area contributed by atoms with Crippen LogP contribution in [0.1, 0.15) is 0 Å². The molecule has 5 radical (unpaired) electrons. The van der Waals surface area contributed by atoms with Gasteiger partial charge in [0.2, 0.25) is 0 Å². The second kappa shape index (κ2) is 20.0. The molecule has 0 aliphatic rings. The number of hydrogen-bond donors (Lipinski definition) is 0. The zero-order valence-corrected chi connectivity index (χ0v) is 9.32. The second-order valence-electron chi connectivity index (χ2n) is 0. The molecule has 0 saturated heterocycles. The fourth-order valence-corrected chi connectivity index (χ4v) is 0. The van der Waals surface area contributed by atoms with Crippen molar-refractivity contribution >= 4 is 48.4 Å². The van der Waals surface area contributed by atoms with Crippen molar-refractivity contribution < 1.29 is 20.4 Å². The average Bonchev–Trinajstić information content (AvgIpc) is 1.00. The average molecular weight is 302 g/mol. The Morgan fingerprint density at radius 1 is 1.25 bits per heavy atom. The molecule has 1 nitrogen and oxygen atoms in total. The molecule has 19 valence electrons. The molecule has 0 saturated carbocycles. The van der Waals surface area contributed by atoms with Gasteiger partial charge >= 0.3 is 25.6 Å². The Hall–Kier alpha value is 2.00. The van der Waals surface area contributed by atoms with Crippen LogP contribution < -0.4 is 0 Å². The first-order valence-corrected chi connectivity index (χ1v) is 1.37. The molecule has 0 aromatic carbocycles. The van der Waals surface area contributed by atoms with E-state index in [2.05, 4.69) is 0 Å². The normalized spacial score (nSPS) is 1.00. The summed E-state index contributed by atoms with van der Waals surface area (Å²) in [7, 11) is 0. The molecular weight excluding hydrogens is 302 g/mol. The molecule has 0 heterocycles. The molecule has 0 spiro atoms. The summed E-state index contributed by atoms with van der Waals surface area (Å²) in [5.41, 5.74) is 0. The van der Waals surface area contributed by atoms with E-state index in [0.717, 1.165) is 0 Å². The van der Waals surface area contributed by atoms with Crippen LogP contribution >= 0.6 is 0 Å². The van der Waals surface area contributed by atoms with Gasteiger partial charge in [-0.05, 0) is 0 Å². The van der Waals surface area contributed by atoms with Gasteiger partial charge in [-0.2, -0.15) is 0 Å². The van der Waals surface area contributed by atoms with Crippen LogP contribution in [0, 0.1) is 0 Å². The molecule has 0 aromatic heterocycles. The van der Waals surface area contributed by atoms with Gasteiger partial charge in [-0.3, -0.25) is 0 Å². The summed E-state index contributed by atoms with van der Waals surface area (Å²) in [4.78, 5) is 0. The molecule has 0 rings (SSSR count). The molecule has 0 aliphatic heterocycles. The Morgan fingerprint density at radius 2 is 1.25 bits per heavy atom. The van der Waals surface area contributed by atoms with Crippen molar-refractivity contribution in [3.8, 4) is 0 Å². The van der Waals surface area contributed by atoms with Gasteiger partial charge in [-0.15, -0.1) is 0 Å². The summed E-state index contributed by atoms with van der Waals surface area (Å²) >= 11 is 0.300. The molecule has 0 aliphatic carbocycles. The minimum absolute atomic E-state index is 0. The third-order valence-electron chi connectivity index (χ3n) is 0. The molecule has 0 N–H and O–H groups in total. The Kier molecular flexibility index (Phi) is 83.3. The number of hydrogen-bond acceptors (Lipinski definition) is 1. The zero-order valence-electron chi connectivity index (χ0n) is 1.89. The van der Waals surface area contributed by atoms with Gasteiger partial charge in [-0.25, -0.2) is 0 Å². The van der Waals surface area contributed by atoms with Gasteiger partial charge in [0.1, 0.15) is 0 Å². The van der Waals surface area contributed by atoms with Gasteiger partial charge in [0, 0.05) is 43.2 Å². The Labute approximate surface area is 67.9 Å². The third kappa shape index (κ3) is 9.00. The maximum absolute atomic E-state index is 8.34. The molecule has 4 heavy (non-hydrogen) atoms. The fourth-order valence-electron chi connectivity index (χ4n) is 0. The van der Waals surface area contributed by atoms with E-state index in [0.29, 0.717) is 22.5 Å². The fraction of sp³-hybridized carbons (Fsp3) is 0. The van der Waals surface area contributed by atoms with Crippen LogP contribution in [0.3, 0.4) is 0 Å². The first kappa shape index (κ1) is 16.7. The Bertz CT molecular complexity index is 8.00. The van der Waals surface area contributed by atoms with Crippen LogP contribution in [0.5, 0.6) is 0 Å². The first-order valence-electron chi connectivity index (χ1n) is 0.204. The molecular formula is CrInOSn. The summed E-state index contributed by atoms with van der Waals surface area (Å²) in [5.74, 6) is 0. The molecule has 0 aromatic rings. The van der Waals surface area contributed by atoms with E-state index in [9.17, 15) is 0 Å². The summed E-state index contributed by atoms with van der Waals surface area (Å²) < 4.78 is 8.34. The standard InChI is InChI=1S/Cr.In.O.Sn. The summed E-state index contributed by atoms with van der Waals surface area (Å²) in [5, 5.41) is 0. The first-order chi connectivity index (χ1) is 1.00. The predicted molar refractivity (Wildman–Crippen MR) is 12.2 cm³/mol. The van der Waals surface area contributed by atoms with E-state index >= 15 is 0 Å². The quantitative estimate of drug-likeness (QED) is 0.531. The summed E-state index contributed by atoms with van der Waals surface area (Å²) in [6, 6.07) is 0. The third-order valence-corrected chi connectivity index (χ3v) is 0.